The molecule has 0 aromatic heterocycles. The van der Waals surface area contributed by atoms with E-state index in [4.69, 9.17) is 16.8 Å². The first-order valence-corrected chi connectivity index (χ1v) is 23.0. The van der Waals surface area contributed by atoms with Gasteiger partial charge in [-0.05, 0) is 63.0 Å². The van der Waals surface area contributed by atoms with E-state index >= 15 is 0 Å². The van der Waals surface area contributed by atoms with E-state index in [2.05, 4.69) is 196 Å². The van der Waals surface area contributed by atoms with Crippen molar-refractivity contribution in [3.05, 3.63) is 258 Å². The second-order valence-electron chi connectivity index (χ2n) is 14.5. The molecule has 2 unspecified atom stereocenters. The second-order valence-corrected chi connectivity index (χ2v) is 19.0. The van der Waals surface area contributed by atoms with Crippen molar-refractivity contribution in [2.24, 2.45) is 15.9 Å². The third kappa shape index (κ3) is 8.75. The molecule has 2 nitrogen and oxygen atoms in total. The van der Waals surface area contributed by atoms with Gasteiger partial charge < -0.3 is 0 Å². The van der Waals surface area contributed by atoms with Gasteiger partial charge in [-0.15, -0.1) is 0 Å². The quantitative estimate of drug-likeness (QED) is 0.0686. The minimum absolute atomic E-state index is 0.0814. The Bertz CT molecular complexity index is 2730. The minimum atomic E-state index is -2.51. The van der Waals surface area contributed by atoms with Crippen molar-refractivity contribution in [1.29, 1.82) is 0 Å². The maximum absolute atomic E-state index is 6.92. The zero-order chi connectivity index (χ0) is 41.9. The molecule has 0 saturated heterocycles. The highest BCUT2D eigenvalue weighted by molar-refractivity contribution is 8.25. The lowest BCUT2D eigenvalue weighted by Crippen LogP contribution is -2.25. The Morgan fingerprint density at radius 1 is 0.700 bits per heavy atom. The molecule has 60 heavy (non-hydrogen) atoms. The highest BCUT2D eigenvalue weighted by Crippen LogP contribution is 2.44. The molecule has 0 N–H and O–H groups in total. The fourth-order valence-electron chi connectivity index (χ4n) is 7.91. The number of nitrogens with zero attached hydrogens (tertiary/aromatic N) is 2. The Morgan fingerprint density at radius 3 is 1.90 bits per heavy atom. The third-order valence-corrected chi connectivity index (χ3v) is 15.8. The molecule has 294 valence electrons. The molecule has 0 amide bonds. The van der Waals surface area contributed by atoms with Crippen LogP contribution in [-0.2, 0) is 18.4 Å². The molecule has 0 fully saturated rings. The minimum Gasteiger partial charge on any atom is -0.279 e. The third-order valence-electron chi connectivity index (χ3n) is 10.9. The average Bonchev–Trinajstić information content (AvgIpc) is 3.30. The fourth-order valence-corrected chi connectivity index (χ4v) is 11.6. The molecule has 0 saturated carbocycles. The molecule has 6 aromatic carbocycles. The first-order chi connectivity index (χ1) is 29.4. The van der Waals surface area contributed by atoms with Gasteiger partial charge in [0.05, 0.1) is 18.0 Å². The van der Waals surface area contributed by atoms with Crippen LogP contribution in [0.2, 0.25) is 0 Å². The Kier molecular flexibility index (Phi) is 13.5. The highest BCUT2D eigenvalue weighted by Gasteiger charge is 2.27. The van der Waals surface area contributed by atoms with E-state index in [1.54, 1.807) is 6.08 Å². The molecular weight excluding hydrogens is 764 g/mol. The maximum atomic E-state index is 6.92. The van der Waals surface area contributed by atoms with Crippen LogP contribution in [0, 0.1) is 5.92 Å². The Morgan fingerprint density at radius 2 is 1.28 bits per heavy atom. The molecule has 7 rings (SSSR count). The monoisotopic (exact) mass is 812 g/mol. The predicted molar refractivity (Wildman–Crippen MR) is 267 cm³/mol. The normalized spacial score (nSPS) is 17.7. The number of rotatable bonds is 12. The van der Waals surface area contributed by atoms with Crippen LogP contribution in [0.5, 0.6) is 0 Å². The number of benzene rings is 6. The molecule has 4 heteroatoms. The maximum Gasteiger partial charge on any atom is 0.0773 e. The summed E-state index contributed by atoms with van der Waals surface area (Å²) >= 11 is 6.92. The van der Waals surface area contributed by atoms with Crippen LogP contribution in [0.15, 0.2) is 235 Å². The lowest BCUT2D eigenvalue weighted by molar-refractivity contribution is 0.962. The van der Waals surface area contributed by atoms with Gasteiger partial charge in [0.25, 0.3) is 0 Å². The van der Waals surface area contributed by atoms with Gasteiger partial charge >= 0.3 is 0 Å². The topological polar surface area (TPSA) is 24.7 Å². The number of allylic oxidation sites excluding steroid dienone is 10. The number of hydrogen-bond donors (Lipinski definition) is 0. The van der Waals surface area contributed by atoms with Gasteiger partial charge in [-0.3, -0.25) is 9.98 Å². The summed E-state index contributed by atoms with van der Waals surface area (Å²) in [4.78, 5) is 9.81. The molecule has 1 heterocycles. The van der Waals surface area contributed by atoms with Crippen molar-refractivity contribution in [2.45, 2.75) is 20.4 Å². The van der Waals surface area contributed by atoms with Gasteiger partial charge in [-0.25, -0.2) is 0 Å². The van der Waals surface area contributed by atoms with Crippen LogP contribution in [0.3, 0.4) is 0 Å². The van der Waals surface area contributed by atoms with Gasteiger partial charge in [0.2, 0.25) is 0 Å². The highest BCUT2D eigenvalue weighted by atomic mass is 32.4. The van der Waals surface area contributed by atoms with Gasteiger partial charge in [0.1, 0.15) is 0 Å². The molecule has 0 spiro atoms. The van der Waals surface area contributed by atoms with Crippen LogP contribution in [-0.4, -0.2) is 12.4 Å². The zero-order valence-corrected chi connectivity index (χ0v) is 36.0. The molecular formula is C56H49N2PS. The van der Waals surface area contributed by atoms with E-state index < -0.39 is 6.04 Å². The number of aliphatic imine (C=N–C) groups is 2. The molecule has 2 atom stereocenters. The van der Waals surface area contributed by atoms with Crippen molar-refractivity contribution < 1.29 is 0 Å². The summed E-state index contributed by atoms with van der Waals surface area (Å²) < 4.78 is 0. The summed E-state index contributed by atoms with van der Waals surface area (Å²) in [6.45, 7) is 17.1. The number of fused-ring (bicyclic) bond motifs is 1. The Hall–Kier alpha value is -6.51. The van der Waals surface area contributed by atoms with Crippen molar-refractivity contribution in [3.63, 3.8) is 0 Å². The van der Waals surface area contributed by atoms with E-state index in [1.165, 1.54) is 16.7 Å². The van der Waals surface area contributed by atoms with Crippen LogP contribution >= 0.6 is 6.04 Å². The van der Waals surface area contributed by atoms with Gasteiger partial charge in [0.15, 0.2) is 0 Å². The average molecular weight is 813 g/mol. The smallest absolute Gasteiger partial charge is 0.0773 e. The molecule has 0 aliphatic carbocycles. The van der Waals surface area contributed by atoms with Crippen molar-refractivity contribution >= 4 is 69.1 Å². The lowest BCUT2D eigenvalue weighted by Gasteiger charge is -2.26. The summed E-state index contributed by atoms with van der Waals surface area (Å²) in [7, 11) is 0. The number of hydrogen-bond acceptors (Lipinski definition) is 3. The van der Waals surface area contributed by atoms with Crippen LogP contribution < -0.4 is 15.9 Å². The molecule has 1 aliphatic rings. The van der Waals surface area contributed by atoms with Crippen LogP contribution in [0.25, 0.3) is 22.9 Å². The van der Waals surface area contributed by atoms with Crippen molar-refractivity contribution in [2.75, 3.05) is 0 Å². The summed E-state index contributed by atoms with van der Waals surface area (Å²) in [5.74, 6) is 0.0814. The van der Waals surface area contributed by atoms with E-state index in [0.717, 1.165) is 66.3 Å². The Labute approximate surface area is 361 Å². The largest absolute Gasteiger partial charge is 0.279 e. The Balaban J connectivity index is 1.35. The lowest BCUT2D eigenvalue weighted by atomic mass is 9.84. The predicted octanol–water partition coefficient (Wildman–Crippen LogP) is 13.0. The van der Waals surface area contributed by atoms with E-state index in [9.17, 15) is 0 Å². The fraction of sp³-hybridized carbons (Fsp3) is 0.0714. The molecule has 6 aromatic rings. The second kappa shape index (κ2) is 19.5. The first-order valence-electron chi connectivity index (χ1n) is 20.2. The van der Waals surface area contributed by atoms with Gasteiger partial charge in [-0.1, -0.05) is 238 Å². The summed E-state index contributed by atoms with van der Waals surface area (Å²) in [5, 5.41) is 3.36. The van der Waals surface area contributed by atoms with Crippen LogP contribution in [0.4, 0.5) is 0 Å². The van der Waals surface area contributed by atoms with Gasteiger partial charge in [-0.2, -0.15) is 0 Å². The summed E-state index contributed by atoms with van der Waals surface area (Å²) in [6, 6.07) is 55.0. The molecule has 0 bridgehead atoms. The summed E-state index contributed by atoms with van der Waals surface area (Å²) in [6.07, 6.45) is 14.6. The first kappa shape index (κ1) is 41.6. The van der Waals surface area contributed by atoms with Gasteiger partial charge in [0, 0.05) is 34.2 Å². The van der Waals surface area contributed by atoms with Crippen molar-refractivity contribution in [1.82, 2.24) is 0 Å². The van der Waals surface area contributed by atoms with E-state index in [1.807, 2.05) is 42.5 Å². The van der Waals surface area contributed by atoms with E-state index in [-0.39, 0.29) is 5.92 Å². The van der Waals surface area contributed by atoms with Crippen molar-refractivity contribution in [3.8, 4) is 0 Å². The molecule has 0 radical (unpaired) electrons. The van der Waals surface area contributed by atoms with E-state index in [0.29, 0.717) is 6.54 Å². The van der Waals surface area contributed by atoms with Crippen LogP contribution in [0.1, 0.15) is 47.2 Å². The SMILES string of the molecule is C=C/C=C(/C(C=C)=C(\N=C)c1ccccc1)c1ccc(P(=S)(c2ccccc2)c2ccc(/C3=C(\C=C/C)C(c4ccccc4)=NCc4ccccc4/C=C\C3C)cc2)cc1. The summed E-state index contributed by atoms with van der Waals surface area (Å²) in [5.41, 5.74) is 12.5. The molecule has 1 aliphatic heterocycles. The zero-order valence-electron chi connectivity index (χ0n) is 34.3. The standard InChI is InChI=1S/C56H49N2PS/c1-6-20-52(51(8-3)55(57-5)45-23-12-9-13-24-45)43-32-36-49(37-33-43)59(60,48-28-16-11-17-29-48)50-38-34-44(35-39-50)54-41(4)30-31-42-22-18-19-27-47(42)40-58-56(53(54)21-7-2)46-25-14-10-15-26-46/h6-39,41H,1,3,5,40H2,2,4H3/b21-7-,31-30-,52-20+,54-53+,55-51-,58-56?.